The number of halogens is 1. The maximum Gasteiger partial charge on any atom is 0.213 e. The third-order valence-electron chi connectivity index (χ3n) is 3.38. The average molecular weight is 301 g/mol. The zero-order chi connectivity index (χ0) is 13.6. The van der Waals surface area contributed by atoms with E-state index >= 15 is 0 Å². The molecule has 1 unspecified atom stereocenters. The molecule has 0 spiro atoms. The van der Waals surface area contributed by atoms with Crippen molar-refractivity contribution in [2.24, 2.45) is 0 Å². The SMILES string of the molecule is Nc1cc2oc(C3CCCCS3(=O)=O)nc2cc1Cl. The fourth-order valence-corrected chi connectivity index (χ4v) is 4.33. The molecular weight excluding hydrogens is 288 g/mol. The number of aromatic nitrogens is 1. The van der Waals surface area contributed by atoms with Crippen molar-refractivity contribution in [3.05, 3.63) is 23.0 Å². The van der Waals surface area contributed by atoms with Gasteiger partial charge in [-0.3, -0.25) is 0 Å². The van der Waals surface area contributed by atoms with Gasteiger partial charge in [0.1, 0.15) is 10.8 Å². The molecule has 7 heteroatoms. The second-order valence-corrected chi connectivity index (χ2v) is 7.46. The molecule has 1 saturated heterocycles. The number of rotatable bonds is 1. The molecule has 2 N–H and O–H groups in total. The van der Waals surface area contributed by atoms with Gasteiger partial charge in [-0.1, -0.05) is 18.0 Å². The standard InChI is InChI=1S/C12H13ClN2O3S/c13-7-5-9-10(6-8(7)14)18-12(15-9)11-3-1-2-4-19(11,16)17/h5-6,11H,1-4,14H2. The third kappa shape index (κ3) is 2.19. The Morgan fingerprint density at radius 2 is 2.16 bits per heavy atom. The summed E-state index contributed by atoms with van der Waals surface area (Å²) in [6, 6.07) is 3.16. The molecule has 2 aromatic rings. The van der Waals surface area contributed by atoms with Crippen molar-refractivity contribution in [2.75, 3.05) is 11.5 Å². The van der Waals surface area contributed by atoms with E-state index in [2.05, 4.69) is 4.98 Å². The number of oxazole rings is 1. The Hall–Kier alpha value is -1.27. The van der Waals surface area contributed by atoms with Gasteiger partial charge < -0.3 is 10.2 Å². The highest BCUT2D eigenvalue weighted by Crippen LogP contribution is 2.35. The van der Waals surface area contributed by atoms with Crippen LogP contribution in [0.2, 0.25) is 5.02 Å². The zero-order valence-electron chi connectivity index (χ0n) is 10.1. The Kier molecular flexibility index (Phi) is 2.94. The van der Waals surface area contributed by atoms with Crippen LogP contribution in [0.4, 0.5) is 5.69 Å². The van der Waals surface area contributed by atoms with Gasteiger partial charge in [-0.05, 0) is 18.9 Å². The molecule has 0 saturated carbocycles. The molecule has 1 fully saturated rings. The van der Waals surface area contributed by atoms with E-state index in [9.17, 15) is 8.42 Å². The van der Waals surface area contributed by atoms with Gasteiger partial charge in [0, 0.05) is 6.07 Å². The summed E-state index contributed by atoms with van der Waals surface area (Å²) < 4.78 is 29.6. The van der Waals surface area contributed by atoms with Gasteiger partial charge in [-0.2, -0.15) is 0 Å². The number of hydrogen-bond acceptors (Lipinski definition) is 5. The minimum absolute atomic E-state index is 0.194. The number of fused-ring (bicyclic) bond motifs is 1. The zero-order valence-corrected chi connectivity index (χ0v) is 11.7. The normalized spacial score (nSPS) is 22.7. The summed E-state index contributed by atoms with van der Waals surface area (Å²) >= 11 is 5.91. The quantitative estimate of drug-likeness (QED) is 0.818. The van der Waals surface area contributed by atoms with Crippen LogP contribution in [0.3, 0.4) is 0 Å². The molecule has 0 bridgehead atoms. The van der Waals surface area contributed by atoms with Crippen LogP contribution in [0.25, 0.3) is 11.1 Å². The van der Waals surface area contributed by atoms with E-state index in [0.717, 1.165) is 6.42 Å². The molecule has 19 heavy (non-hydrogen) atoms. The number of nitrogens with zero attached hydrogens (tertiary/aromatic N) is 1. The Bertz CT molecular complexity index is 700. The smallest absolute Gasteiger partial charge is 0.213 e. The number of nitrogens with two attached hydrogens (primary N) is 1. The van der Waals surface area contributed by atoms with E-state index < -0.39 is 15.1 Å². The average Bonchev–Trinajstić information content (AvgIpc) is 2.71. The molecule has 3 rings (SSSR count). The Morgan fingerprint density at radius 3 is 2.89 bits per heavy atom. The predicted molar refractivity (Wildman–Crippen MR) is 73.8 cm³/mol. The molecule has 1 atom stereocenters. The number of nitrogen functional groups attached to an aromatic ring is 1. The minimum Gasteiger partial charge on any atom is -0.439 e. The molecule has 102 valence electrons. The molecule has 2 heterocycles. The molecule has 5 nitrogen and oxygen atoms in total. The van der Waals surface area contributed by atoms with Gasteiger partial charge in [-0.25, -0.2) is 13.4 Å². The Labute approximate surface area is 115 Å². The first-order chi connectivity index (χ1) is 8.97. The first-order valence-electron chi connectivity index (χ1n) is 6.04. The Morgan fingerprint density at radius 1 is 1.37 bits per heavy atom. The molecule has 0 aliphatic carbocycles. The minimum atomic E-state index is -3.16. The molecular formula is C12H13ClN2O3S. The summed E-state index contributed by atoms with van der Waals surface area (Å²) in [4.78, 5) is 4.25. The highest BCUT2D eigenvalue weighted by molar-refractivity contribution is 7.91. The third-order valence-corrected chi connectivity index (χ3v) is 5.87. The maximum atomic E-state index is 12.0. The number of benzene rings is 1. The van der Waals surface area contributed by atoms with Gasteiger partial charge >= 0.3 is 0 Å². The first kappa shape index (κ1) is 12.7. The summed E-state index contributed by atoms with van der Waals surface area (Å²) in [6.45, 7) is 0. The number of sulfone groups is 1. The molecule has 0 amide bonds. The van der Waals surface area contributed by atoms with Crippen LogP contribution in [-0.2, 0) is 9.84 Å². The van der Waals surface area contributed by atoms with E-state index in [1.807, 2.05) is 0 Å². The van der Waals surface area contributed by atoms with Crippen molar-refractivity contribution < 1.29 is 12.8 Å². The van der Waals surface area contributed by atoms with Crippen molar-refractivity contribution in [3.8, 4) is 0 Å². The van der Waals surface area contributed by atoms with Crippen LogP contribution in [0.1, 0.15) is 30.4 Å². The van der Waals surface area contributed by atoms with Crippen molar-refractivity contribution in [1.29, 1.82) is 0 Å². The van der Waals surface area contributed by atoms with Crippen molar-refractivity contribution in [2.45, 2.75) is 24.5 Å². The van der Waals surface area contributed by atoms with Crippen molar-refractivity contribution in [1.82, 2.24) is 4.98 Å². The summed E-state index contributed by atoms with van der Waals surface area (Å²) in [5, 5.41) is -0.257. The molecule has 0 radical (unpaired) electrons. The van der Waals surface area contributed by atoms with E-state index in [-0.39, 0.29) is 11.6 Å². The molecule has 1 aromatic heterocycles. The summed E-state index contributed by atoms with van der Waals surface area (Å²) in [7, 11) is -3.16. The highest BCUT2D eigenvalue weighted by Gasteiger charge is 2.34. The van der Waals surface area contributed by atoms with Crippen LogP contribution in [0.15, 0.2) is 16.5 Å². The monoisotopic (exact) mass is 300 g/mol. The van der Waals surface area contributed by atoms with Crippen LogP contribution >= 0.6 is 11.6 Å². The molecule has 1 aliphatic heterocycles. The van der Waals surface area contributed by atoms with Crippen LogP contribution in [0, 0.1) is 0 Å². The number of hydrogen-bond donors (Lipinski definition) is 1. The fraction of sp³-hybridized carbons (Fsp3) is 0.417. The van der Waals surface area contributed by atoms with E-state index in [1.165, 1.54) is 0 Å². The van der Waals surface area contributed by atoms with Gasteiger partial charge in [0.25, 0.3) is 0 Å². The van der Waals surface area contributed by atoms with E-state index in [0.29, 0.717) is 34.7 Å². The maximum absolute atomic E-state index is 12.0. The van der Waals surface area contributed by atoms with Crippen LogP contribution in [-0.4, -0.2) is 19.2 Å². The summed E-state index contributed by atoms with van der Waals surface area (Å²) in [5.41, 5.74) is 7.09. The van der Waals surface area contributed by atoms with Crippen molar-refractivity contribution in [3.63, 3.8) is 0 Å². The highest BCUT2D eigenvalue weighted by atomic mass is 35.5. The first-order valence-corrected chi connectivity index (χ1v) is 8.14. The van der Waals surface area contributed by atoms with E-state index in [4.69, 9.17) is 21.8 Å². The van der Waals surface area contributed by atoms with Gasteiger partial charge in [0.2, 0.25) is 5.89 Å². The van der Waals surface area contributed by atoms with Gasteiger partial charge in [0.05, 0.1) is 16.5 Å². The van der Waals surface area contributed by atoms with Crippen LogP contribution in [0.5, 0.6) is 0 Å². The topological polar surface area (TPSA) is 86.2 Å². The van der Waals surface area contributed by atoms with Crippen LogP contribution < -0.4 is 5.73 Å². The lowest BCUT2D eigenvalue weighted by Crippen LogP contribution is -2.21. The Balaban J connectivity index is 2.10. The van der Waals surface area contributed by atoms with Gasteiger partial charge in [-0.15, -0.1) is 0 Å². The summed E-state index contributed by atoms with van der Waals surface area (Å²) in [5.74, 6) is 0.440. The number of anilines is 1. The van der Waals surface area contributed by atoms with Crippen molar-refractivity contribution >= 4 is 38.2 Å². The lowest BCUT2D eigenvalue weighted by atomic mass is 10.2. The molecule has 1 aliphatic rings. The molecule has 1 aromatic carbocycles. The second-order valence-electron chi connectivity index (χ2n) is 4.74. The summed E-state index contributed by atoms with van der Waals surface area (Å²) in [6.07, 6.45) is 2.13. The largest absolute Gasteiger partial charge is 0.439 e. The lowest BCUT2D eigenvalue weighted by Gasteiger charge is -2.18. The fourth-order valence-electron chi connectivity index (χ4n) is 2.35. The predicted octanol–water partition coefficient (Wildman–Crippen LogP) is 2.70. The second kappa shape index (κ2) is 4.38. The van der Waals surface area contributed by atoms with E-state index in [1.54, 1.807) is 12.1 Å². The van der Waals surface area contributed by atoms with Gasteiger partial charge in [0.15, 0.2) is 15.4 Å². The lowest BCUT2D eigenvalue weighted by molar-refractivity contribution is 0.472.